The Bertz CT molecular complexity index is 955. The van der Waals surface area contributed by atoms with Crippen LogP contribution in [0.2, 0.25) is 0 Å². The highest BCUT2D eigenvalue weighted by atomic mass is 16.5. The van der Waals surface area contributed by atoms with Crippen molar-refractivity contribution in [3.8, 4) is 0 Å². The third-order valence-electron chi connectivity index (χ3n) is 4.93. The van der Waals surface area contributed by atoms with E-state index in [-0.39, 0.29) is 12.1 Å². The van der Waals surface area contributed by atoms with Crippen LogP contribution in [-0.2, 0) is 11.3 Å². The second-order valence-corrected chi connectivity index (χ2v) is 7.09. The first-order valence-corrected chi connectivity index (χ1v) is 9.63. The number of aryl methyl sites for hydroxylation is 1. The van der Waals surface area contributed by atoms with E-state index in [1.165, 1.54) is 0 Å². The van der Waals surface area contributed by atoms with Gasteiger partial charge in [0.2, 0.25) is 0 Å². The molecule has 0 bridgehead atoms. The zero-order chi connectivity index (χ0) is 19.3. The van der Waals surface area contributed by atoms with E-state index in [0.29, 0.717) is 13.1 Å². The summed E-state index contributed by atoms with van der Waals surface area (Å²) in [6, 6.07) is 15.3. The molecule has 0 spiro atoms. The zero-order valence-corrected chi connectivity index (χ0v) is 16.0. The van der Waals surface area contributed by atoms with Crippen LogP contribution in [-0.4, -0.2) is 40.2 Å². The molecule has 1 aliphatic heterocycles. The molecule has 1 aromatic carbocycles. The van der Waals surface area contributed by atoms with Crippen LogP contribution in [0.5, 0.6) is 0 Å². The molecule has 1 fully saturated rings. The van der Waals surface area contributed by atoms with Crippen LogP contribution in [0.1, 0.15) is 24.2 Å². The van der Waals surface area contributed by atoms with Crippen molar-refractivity contribution in [3.05, 3.63) is 66.1 Å². The average Bonchev–Trinajstić information content (AvgIpc) is 3.21. The van der Waals surface area contributed by atoms with Crippen LogP contribution in [0.25, 0.3) is 10.9 Å². The first-order valence-electron chi connectivity index (χ1n) is 9.63. The van der Waals surface area contributed by atoms with Gasteiger partial charge in [-0.1, -0.05) is 12.1 Å². The quantitative estimate of drug-likeness (QED) is 0.726. The molecule has 1 N–H and O–H groups in total. The van der Waals surface area contributed by atoms with Gasteiger partial charge in [-0.15, -0.1) is 0 Å². The zero-order valence-electron chi connectivity index (χ0n) is 16.0. The van der Waals surface area contributed by atoms with Gasteiger partial charge < -0.3 is 15.0 Å². The van der Waals surface area contributed by atoms with E-state index in [2.05, 4.69) is 15.3 Å². The summed E-state index contributed by atoms with van der Waals surface area (Å²) in [6.07, 6.45) is 3.84. The first-order chi connectivity index (χ1) is 13.7. The van der Waals surface area contributed by atoms with Gasteiger partial charge in [0.15, 0.2) is 0 Å². The number of nitrogens with one attached hydrogen (secondary N) is 1. The molecule has 1 saturated heterocycles. The van der Waals surface area contributed by atoms with Gasteiger partial charge >= 0.3 is 6.03 Å². The van der Waals surface area contributed by atoms with Gasteiger partial charge in [-0.2, -0.15) is 0 Å². The fraction of sp³-hybridized carbons (Fsp3) is 0.318. The number of benzene rings is 1. The van der Waals surface area contributed by atoms with Gasteiger partial charge in [0, 0.05) is 30.4 Å². The lowest BCUT2D eigenvalue weighted by Gasteiger charge is -2.25. The fourth-order valence-electron chi connectivity index (χ4n) is 3.50. The summed E-state index contributed by atoms with van der Waals surface area (Å²) in [5.74, 6) is 0. The highest BCUT2D eigenvalue weighted by Gasteiger charge is 2.23. The Morgan fingerprint density at radius 1 is 1.21 bits per heavy atom. The van der Waals surface area contributed by atoms with Crippen molar-refractivity contribution in [2.24, 2.45) is 0 Å². The lowest BCUT2D eigenvalue weighted by atomic mass is 10.1. The maximum absolute atomic E-state index is 13.1. The van der Waals surface area contributed by atoms with Crippen molar-refractivity contribution in [2.75, 3.05) is 18.5 Å². The number of hydrogen-bond donors (Lipinski definition) is 1. The molecular formula is C22H24N4O2. The number of fused-ring (bicyclic) bond motifs is 1. The second-order valence-electron chi connectivity index (χ2n) is 7.09. The molecule has 1 aliphatic rings. The Hall–Kier alpha value is -2.99. The molecule has 6 heteroatoms. The van der Waals surface area contributed by atoms with Crippen molar-refractivity contribution in [2.45, 2.75) is 32.4 Å². The SMILES string of the molecule is Cc1ccc2c(NC(=O)N(Cc3ccccn3)C[C@H]3CCCO3)cccc2n1. The molecule has 28 heavy (non-hydrogen) atoms. The standard InChI is InChI=1S/C22H24N4O2/c1-16-10-11-19-20(24-16)8-4-9-21(19)25-22(27)26(15-18-7-5-13-28-18)14-17-6-2-3-12-23-17/h2-4,6,8-12,18H,5,7,13-15H2,1H3,(H,25,27)/t18-/m1/s1. The molecule has 6 nitrogen and oxygen atoms in total. The van der Waals surface area contributed by atoms with Crippen molar-refractivity contribution in [1.82, 2.24) is 14.9 Å². The number of rotatable bonds is 5. The van der Waals surface area contributed by atoms with Gasteiger partial charge in [-0.3, -0.25) is 9.97 Å². The van der Waals surface area contributed by atoms with E-state index in [9.17, 15) is 4.79 Å². The molecule has 0 unspecified atom stereocenters. The van der Waals surface area contributed by atoms with E-state index in [4.69, 9.17) is 4.74 Å². The minimum absolute atomic E-state index is 0.0753. The molecule has 0 saturated carbocycles. The Morgan fingerprint density at radius 3 is 2.93 bits per heavy atom. The first kappa shape index (κ1) is 18.4. The summed E-state index contributed by atoms with van der Waals surface area (Å²) in [6.45, 7) is 3.71. The molecule has 2 aromatic heterocycles. The minimum Gasteiger partial charge on any atom is -0.376 e. The summed E-state index contributed by atoms with van der Waals surface area (Å²) in [5.41, 5.74) is 3.43. The number of amides is 2. The largest absolute Gasteiger partial charge is 0.376 e. The summed E-state index contributed by atoms with van der Waals surface area (Å²) in [5, 5.41) is 3.99. The van der Waals surface area contributed by atoms with Crippen LogP contribution in [0.3, 0.4) is 0 Å². The van der Waals surface area contributed by atoms with Crippen LogP contribution in [0, 0.1) is 6.92 Å². The Balaban J connectivity index is 1.56. The highest BCUT2D eigenvalue weighted by molar-refractivity contribution is 6.00. The fourth-order valence-corrected chi connectivity index (χ4v) is 3.50. The van der Waals surface area contributed by atoms with Crippen molar-refractivity contribution in [3.63, 3.8) is 0 Å². The summed E-state index contributed by atoms with van der Waals surface area (Å²) >= 11 is 0. The van der Waals surface area contributed by atoms with Crippen LogP contribution < -0.4 is 5.32 Å². The predicted octanol–water partition coefficient (Wildman–Crippen LogP) is 4.15. The van der Waals surface area contributed by atoms with Crippen molar-refractivity contribution >= 4 is 22.6 Å². The Kier molecular flexibility index (Phi) is 5.48. The monoisotopic (exact) mass is 376 g/mol. The Morgan fingerprint density at radius 2 is 2.14 bits per heavy atom. The van der Waals surface area contributed by atoms with E-state index in [1.54, 1.807) is 11.1 Å². The van der Waals surface area contributed by atoms with E-state index in [0.717, 1.165) is 47.4 Å². The third-order valence-corrected chi connectivity index (χ3v) is 4.93. The molecule has 3 aromatic rings. The smallest absolute Gasteiger partial charge is 0.322 e. The molecule has 1 atom stereocenters. The van der Waals surface area contributed by atoms with Crippen molar-refractivity contribution < 1.29 is 9.53 Å². The summed E-state index contributed by atoms with van der Waals surface area (Å²) in [7, 11) is 0. The average molecular weight is 376 g/mol. The molecule has 0 radical (unpaired) electrons. The van der Waals surface area contributed by atoms with Gasteiger partial charge in [0.1, 0.15) is 0 Å². The number of carbonyl (C=O) groups is 1. The van der Waals surface area contributed by atoms with Crippen LogP contribution in [0.4, 0.5) is 10.5 Å². The molecule has 3 heterocycles. The molecule has 144 valence electrons. The summed E-state index contributed by atoms with van der Waals surface area (Å²) in [4.78, 5) is 23.8. The number of hydrogen-bond acceptors (Lipinski definition) is 4. The van der Waals surface area contributed by atoms with E-state index in [1.807, 2.05) is 55.5 Å². The topological polar surface area (TPSA) is 67.4 Å². The molecule has 4 rings (SSSR count). The van der Waals surface area contributed by atoms with E-state index < -0.39 is 0 Å². The van der Waals surface area contributed by atoms with Gasteiger partial charge in [0.25, 0.3) is 0 Å². The van der Waals surface area contributed by atoms with Crippen molar-refractivity contribution in [1.29, 1.82) is 0 Å². The van der Waals surface area contributed by atoms with Gasteiger partial charge in [-0.25, -0.2) is 4.79 Å². The van der Waals surface area contributed by atoms with Gasteiger partial charge in [-0.05, 0) is 56.2 Å². The number of anilines is 1. The lowest BCUT2D eigenvalue weighted by Crippen LogP contribution is -2.39. The number of carbonyl (C=O) groups excluding carboxylic acids is 1. The summed E-state index contributed by atoms with van der Waals surface area (Å²) < 4.78 is 5.75. The number of aromatic nitrogens is 2. The highest BCUT2D eigenvalue weighted by Crippen LogP contribution is 2.23. The minimum atomic E-state index is -0.158. The van der Waals surface area contributed by atoms with E-state index >= 15 is 0 Å². The van der Waals surface area contributed by atoms with Crippen LogP contribution in [0.15, 0.2) is 54.7 Å². The Labute approximate surface area is 164 Å². The normalized spacial score (nSPS) is 16.2. The molecular weight excluding hydrogens is 352 g/mol. The maximum atomic E-state index is 13.1. The predicted molar refractivity (Wildman–Crippen MR) is 109 cm³/mol. The number of urea groups is 1. The molecule has 0 aliphatic carbocycles. The number of nitrogens with zero attached hydrogens (tertiary/aromatic N) is 3. The van der Waals surface area contributed by atoms with Crippen LogP contribution >= 0.6 is 0 Å². The second kappa shape index (κ2) is 8.35. The number of pyridine rings is 2. The molecule has 2 amide bonds. The lowest BCUT2D eigenvalue weighted by molar-refractivity contribution is 0.0816. The number of ether oxygens (including phenoxy) is 1. The van der Waals surface area contributed by atoms with Gasteiger partial charge in [0.05, 0.1) is 29.5 Å². The third kappa shape index (κ3) is 4.28. The maximum Gasteiger partial charge on any atom is 0.322 e.